The van der Waals surface area contributed by atoms with Gasteiger partial charge in [-0.15, -0.1) is 0 Å². The molecular weight excluding hydrogens is 246 g/mol. The molecule has 0 spiro atoms. The summed E-state index contributed by atoms with van der Waals surface area (Å²) in [7, 11) is -2.91. The summed E-state index contributed by atoms with van der Waals surface area (Å²) < 4.78 is 31.6. The molecule has 1 rings (SSSR count). The molecule has 0 radical (unpaired) electrons. The van der Waals surface area contributed by atoms with Crippen LogP contribution in [0.4, 0.5) is 0 Å². The maximum atomic E-state index is 8.74. The summed E-state index contributed by atoms with van der Waals surface area (Å²) >= 11 is 0. The molecule has 0 saturated carbocycles. The van der Waals surface area contributed by atoms with E-state index in [1.807, 2.05) is 30.3 Å². The van der Waals surface area contributed by atoms with Gasteiger partial charge in [-0.1, -0.05) is 30.3 Å². The maximum absolute atomic E-state index is 8.74. The molecule has 5 N–H and O–H groups in total. The lowest BCUT2D eigenvalue weighted by Gasteiger charge is -1.98. The second kappa shape index (κ2) is 7.60. The van der Waals surface area contributed by atoms with Crippen LogP contribution in [0.1, 0.15) is 5.56 Å². The van der Waals surface area contributed by atoms with Gasteiger partial charge >= 0.3 is 10.4 Å². The number of nitrogens with two attached hydrogens (primary N) is 1. The summed E-state index contributed by atoms with van der Waals surface area (Å²) in [4.78, 5) is 4.10. The molecule has 0 aliphatic carbocycles. The van der Waals surface area contributed by atoms with E-state index < -0.39 is 10.4 Å². The smallest absolute Gasteiger partial charge is 0.370 e. The maximum Gasteiger partial charge on any atom is 0.394 e. The van der Waals surface area contributed by atoms with Gasteiger partial charge in [-0.3, -0.25) is 9.11 Å². The zero-order chi connectivity index (χ0) is 13.3. The van der Waals surface area contributed by atoms with Crippen molar-refractivity contribution in [2.24, 2.45) is 10.7 Å². The summed E-state index contributed by atoms with van der Waals surface area (Å²) in [5.41, 5.74) is 6.62. The monoisotopic (exact) mass is 261 g/mol. The molecule has 7 nitrogen and oxygen atoms in total. The Hall–Kier alpha value is -1.64. The summed E-state index contributed by atoms with van der Waals surface area (Å²) in [6, 6.07) is 9.99. The summed E-state index contributed by atoms with van der Waals surface area (Å²) in [5, 5.41) is 2.76. The molecule has 1 aromatic rings. The highest BCUT2D eigenvalue weighted by Gasteiger charge is 1.88. The molecule has 8 heteroatoms. The van der Waals surface area contributed by atoms with E-state index in [1.165, 1.54) is 0 Å². The lowest BCUT2D eigenvalue weighted by molar-refractivity contribution is 0.381. The van der Waals surface area contributed by atoms with Gasteiger partial charge in [0.05, 0.1) is 6.54 Å². The fourth-order valence-corrected chi connectivity index (χ4v) is 0.839. The van der Waals surface area contributed by atoms with Crippen LogP contribution in [0, 0.1) is 0 Å². The lowest BCUT2D eigenvalue weighted by Crippen LogP contribution is -2.27. The highest BCUT2D eigenvalue weighted by atomic mass is 32.3. The van der Waals surface area contributed by atoms with Gasteiger partial charge in [-0.2, -0.15) is 8.42 Å². The van der Waals surface area contributed by atoms with Gasteiger partial charge in [-0.05, 0) is 5.56 Å². The first kappa shape index (κ1) is 15.4. The van der Waals surface area contributed by atoms with E-state index in [0.29, 0.717) is 12.5 Å². The Kier molecular flexibility index (Phi) is 6.87. The number of rotatable bonds is 2. The van der Waals surface area contributed by atoms with Gasteiger partial charge in [0, 0.05) is 7.05 Å². The second-order valence-corrected chi connectivity index (χ2v) is 3.78. The van der Waals surface area contributed by atoms with Crippen LogP contribution in [0.3, 0.4) is 0 Å². The zero-order valence-electron chi connectivity index (χ0n) is 9.24. The highest BCUT2D eigenvalue weighted by molar-refractivity contribution is 7.79. The minimum absolute atomic E-state index is 0.471. The minimum atomic E-state index is -4.67. The number of nitrogens with one attached hydrogen (secondary N) is 1. The topological polar surface area (TPSA) is 125 Å². The predicted octanol–water partition coefficient (Wildman–Crippen LogP) is 0.0679. The first-order valence-electron chi connectivity index (χ1n) is 4.54. The van der Waals surface area contributed by atoms with Crippen molar-refractivity contribution in [3.63, 3.8) is 0 Å². The number of nitrogens with zero attached hydrogens (tertiary/aromatic N) is 1. The van der Waals surface area contributed by atoms with Crippen LogP contribution in [0.2, 0.25) is 0 Å². The average Bonchev–Trinajstić information content (AvgIpc) is 2.25. The van der Waals surface area contributed by atoms with E-state index in [4.69, 9.17) is 23.3 Å². The molecule has 1 aromatic carbocycles. The molecule has 0 aromatic heterocycles. The Morgan fingerprint density at radius 1 is 1.35 bits per heavy atom. The van der Waals surface area contributed by atoms with E-state index in [9.17, 15) is 0 Å². The molecule has 0 unspecified atom stereocenters. The van der Waals surface area contributed by atoms with E-state index >= 15 is 0 Å². The van der Waals surface area contributed by atoms with E-state index in [2.05, 4.69) is 10.3 Å². The number of hydrogen-bond donors (Lipinski definition) is 4. The van der Waals surface area contributed by atoms with Crippen LogP contribution in [0.25, 0.3) is 0 Å². The fraction of sp³-hybridized carbons (Fsp3) is 0.222. The van der Waals surface area contributed by atoms with Crippen LogP contribution < -0.4 is 11.1 Å². The third-order valence-corrected chi connectivity index (χ3v) is 1.53. The Labute approximate surface area is 99.9 Å². The van der Waals surface area contributed by atoms with Crippen LogP contribution >= 0.6 is 0 Å². The molecule has 0 fully saturated rings. The number of guanidine groups is 1. The minimum Gasteiger partial charge on any atom is -0.370 e. The zero-order valence-corrected chi connectivity index (χ0v) is 10.1. The fourth-order valence-electron chi connectivity index (χ4n) is 0.839. The van der Waals surface area contributed by atoms with Crippen LogP contribution in [0.5, 0.6) is 0 Å². The van der Waals surface area contributed by atoms with Crippen molar-refractivity contribution in [2.75, 3.05) is 7.05 Å². The normalized spacial score (nSPS) is 11.4. The molecule has 0 atom stereocenters. The van der Waals surface area contributed by atoms with Gasteiger partial charge in [-0.25, -0.2) is 4.99 Å². The molecule has 96 valence electrons. The van der Waals surface area contributed by atoms with Crippen LogP contribution in [0.15, 0.2) is 35.3 Å². The van der Waals surface area contributed by atoms with Crippen LogP contribution in [-0.2, 0) is 16.9 Å². The van der Waals surface area contributed by atoms with Crippen molar-refractivity contribution in [1.82, 2.24) is 5.32 Å². The third-order valence-electron chi connectivity index (χ3n) is 1.53. The highest BCUT2D eigenvalue weighted by Crippen LogP contribution is 1.99. The quantitative estimate of drug-likeness (QED) is 0.339. The molecule has 0 aliphatic heterocycles. The largest absolute Gasteiger partial charge is 0.394 e. The Morgan fingerprint density at radius 2 is 1.82 bits per heavy atom. The molecular formula is C9H15N3O4S. The molecule has 17 heavy (non-hydrogen) atoms. The van der Waals surface area contributed by atoms with Crippen molar-refractivity contribution in [3.8, 4) is 0 Å². The molecule has 0 heterocycles. The van der Waals surface area contributed by atoms with Gasteiger partial charge in [0.15, 0.2) is 5.96 Å². The molecule has 0 aliphatic rings. The van der Waals surface area contributed by atoms with E-state index in [1.54, 1.807) is 7.05 Å². The van der Waals surface area contributed by atoms with Gasteiger partial charge in [0.25, 0.3) is 0 Å². The summed E-state index contributed by atoms with van der Waals surface area (Å²) in [6.07, 6.45) is 0. The standard InChI is InChI=1S/C9H13N3.H2O4S/c1-11-9(10)12-7-8-5-3-2-4-6-8;1-5(2,3)4/h2-6H,7H2,1H3,(H3,10,11,12);(H2,1,2,3,4). The van der Waals surface area contributed by atoms with Gasteiger partial charge in [0.2, 0.25) is 0 Å². The van der Waals surface area contributed by atoms with Crippen LogP contribution in [-0.4, -0.2) is 30.5 Å². The molecule has 0 amide bonds. The molecule has 0 saturated heterocycles. The number of benzene rings is 1. The van der Waals surface area contributed by atoms with Crippen molar-refractivity contribution in [3.05, 3.63) is 35.9 Å². The van der Waals surface area contributed by atoms with Crippen molar-refractivity contribution in [1.29, 1.82) is 0 Å². The third kappa shape index (κ3) is 12.3. The molecule has 0 bridgehead atoms. The Balaban J connectivity index is 0.000000437. The summed E-state index contributed by atoms with van der Waals surface area (Å²) in [5.74, 6) is 0.471. The number of hydrogen-bond acceptors (Lipinski definition) is 3. The van der Waals surface area contributed by atoms with E-state index in [-0.39, 0.29) is 0 Å². The Bertz CT molecular complexity index is 437. The predicted molar refractivity (Wildman–Crippen MR) is 65.0 cm³/mol. The first-order valence-corrected chi connectivity index (χ1v) is 5.94. The average molecular weight is 261 g/mol. The first-order chi connectivity index (χ1) is 7.83. The van der Waals surface area contributed by atoms with Gasteiger partial charge in [0.1, 0.15) is 0 Å². The van der Waals surface area contributed by atoms with Crippen molar-refractivity contribution < 1.29 is 17.5 Å². The SMILES string of the molecule is CN/C(N)=N\Cc1ccccc1.O=S(=O)(O)O. The lowest BCUT2D eigenvalue weighted by atomic mass is 10.2. The van der Waals surface area contributed by atoms with Crippen molar-refractivity contribution >= 4 is 16.4 Å². The summed E-state index contributed by atoms with van der Waals surface area (Å²) in [6.45, 7) is 0.632. The second-order valence-electron chi connectivity index (χ2n) is 2.88. The van der Waals surface area contributed by atoms with Gasteiger partial charge < -0.3 is 11.1 Å². The number of aliphatic imine (C=N–C) groups is 1. The van der Waals surface area contributed by atoms with E-state index in [0.717, 1.165) is 5.56 Å². The Morgan fingerprint density at radius 3 is 2.24 bits per heavy atom. The van der Waals surface area contributed by atoms with Crippen molar-refractivity contribution in [2.45, 2.75) is 6.54 Å².